The van der Waals surface area contributed by atoms with Gasteiger partial charge in [-0.05, 0) is 11.4 Å². The molecule has 92 valence electrons. The second kappa shape index (κ2) is 6.48. The molecule has 0 aromatic carbocycles. The van der Waals surface area contributed by atoms with E-state index in [2.05, 4.69) is 21.5 Å². The van der Waals surface area contributed by atoms with E-state index in [9.17, 15) is 0 Å². The molecule has 2 aromatic heterocycles. The molecule has 6 heteroatoms. The van der Waals surface area contributed by atoms with Gasteiger partial charge in [0.15, 0.2) is 5.82 Å². The number of nitrogens with one attached hydrogen (secondary N) is 1. The van der Waals surface area contributed by atoms with Crippen LogP contribution in [0.2, 0.25) is 0 Å². The summed E-state index contributed by atoms with van der Waals surface area (Å²) in [6, 6.07) is 4.09. The van der Waals surface area contributed by atoms with Crippen LogP contribution < -0.4 is 5.32 Å². The maximum Gasteiger partial charge on any atom is 0.240 e. The van der Waals surface area contributed by atoms with E-state index in [1.807, 2.05) is 11.4 Å². The SMILES string of the molecule is COCCNCc1nc(Cc2cccs2)no1. The highest BCUT2D eigenvalue weighted by Crippen LogP contribution is 2.12. The lowest BCUT2D eigenvalue weighted by Crippen LogP contribution is -2.18. The van der Waals surface area contributed by atoms with Gasteiger partial charge in [0.05, 0.1) is 13.2 Å². The zero-order valence-corrected chi connectivity index (χ0v) is 10.5. The standard InChI is InChI=1S/C11H15N3O2S/c1-15-5-4-12-8-11-13-10(14-16-11)7-9-3-2-6-17-9/h2-3,6,12H,4-5,7-8H2,1H3. The largest absolute Gasteiger partial charge is 0.383 e. The fourth-order valence-corrected chi connectivity index (χ4v) is 2.07. The second-order valence-corrected chi connectivity index (χ2v) is 4.56. The summed E-state index contributed by atoms with van der Waals surface area (Å²) in [6.45, 7) is 2.04. The lowest BCUT2D eigenvalue weighted by atomic mass is 10.3. The molecular weight excluding hydrogens is 238 g/mol. The molecule has 2 aromatic rings. The Morgan fingerprint density at radius 1 is 1.53 bits per heavy atom. The minimum atomic E-state index is 0.584. The van der Waals surface area contributed by atoms with Crippen molar-refractivity contribution in [1.29, 1.82) is 0 Å². The molecule has 0 bridgehead atoms. The molecule has 0 fully saturated rings. The monoisotopic (exact) mass is 253 g/mol. The van der Waals surface area contributed by atoms with E-state index in [1.165, 1.54) is 4.88 Å². The van der Waals surface area contributed by atoms with Gasteiger partial charge in [-0.1, -0.05) is 11.2 Å². The molecule has 0 aliphatic carbocycles. The summed E-state index contributed by atoms with van der Waals surface area (Å²) in [4.78, 5) is 5.55. The van der Waals surface area contributed by atoms with Crippen molar-refractivity contribution < 1.29 is 9.26 Å². The average Bonchev–Trinajstić information content (AvgIpc) is 2.97. The third-order valence-electron chi connectivity index (χ3n) is 2.18. The van der Waals surface area contributed by atoms with E-state index in [0.717, 1.165) is 18.8 Å². The van der Waals surface area contributed by atoms with E-state index in [4.69, 9.17) is 9.26 Å². The highest BCUT2D eigenvalue weighted by Gasteiger charge is 2.06. The Hall–Kier alpha value is -1.24. The molecule has 5 nitrogen and oxygen atoms in total. The van der Waals surface area contributed by atoms with Crippen molar-refractivity contribution in [2.24, 2.45) is 0 Å². The van der Waals surface area contributed by atoms with Gasteiger partial charge in [0.25, 0.3) is 0 Å². The van der Waals surface area contributed by atoms with Crippen LogP contribution >= 0.6 is 11.3 Å². The van der Waals surface area contributed by atoms with Gasteiger partial charge in [0.1, 0.15) is 0 Å². The number of ether oxygens (including phenoxy) is 1. The van der Waals surface area contributed by atoms with Crippen LogP contribution in [-0.4, -0.2) is 30.4 Å². The Bertz CT molecular complexity index is 428. The van der Waals surface area contributed by atoms with Crippen molar-refractivity contribution >= 4 is 11.3 Å². The van der Waals surface area contributed by atoms with Crippen LogP contribution in [0, 0.1) is 0 Å². The molecule has 0 unspecified atom stereocenters. The summed E-state index contributed by atoms with van der Waals surface area (Å²) in [6.07, 6.45) is 0.735. The van der Waals surface area contributed by atoms with Crippen molar-refractivity contribution in [2.45, 2.75) is 13.0 Å². The Labute approximate surface area is 104 Å². The summed E-state index contributed by atoms with van der Waals surface area (Å²) in [7, 11) is 1.67. The first-order chi connectivity index (χ1) is 8.38. The minimum Gasteiger partial charge on any atom is -0.383 e. The molecule has 0 saturated heterocycles. The lowest BCUT2D eigenvalue weighted by molar-refractivity contribution is 0.197. The first-order valence-electron chi connectivity index (χ1n) is 5.42. The van der Waals surface area contributed by atoms with Gasteiger partial charge in [0.2, 0.25) is 5.89 Å². The quantitative estimate of drug-likeness (QED) is 0.757. The first kappa shape index (κ1) is 12.2. The summed E-state index contributed by atoms with van der Waals surface area (Å²) >= 11 is 1.70. The maximum absolute atomic E-state index is 5.13. The molecule has 0 amide bonds. The van der Waals surface area contributed by atoms with Gasteiger partial charge < -0.3 is 14.6 Å². The Morgan fingerprint density at radius 3 is 3.24 bits per heavy atom. The second-order valence-electron chi connectivity index (χ2n) is 3.53. The number of rotatable bonds is 7. The maximum atomic E-state index is 5.13. The predicted octanol–water partition coefficient (Wildman–Crippen LogP) is 1.46. The van der Waals surface area contributed by atoms with Crippen LogP contribution in [0.15, 0.2) is 22.0 Å². The summed E-state index contributed by atoms with van der Waals surface area (Å²) in [5, 5.41) is 9.14. The molecule has 0 atom stereocenters. The van der Waals surface area contributed by atoms with E-state index in [1.54, 1.807) is 18.4 Å². The van der Waals surface area contributed by atoms with Crippen molar-refractivity contribution in [2.75, 3.05) is 20.3 Å². The summed E-state index contributed by atoms with van der Waals surface area (Å²) in [5.74, 6) is 1.35. The smallest absolute Gasteiger partial charge is 0.240 e. The van der Waals surface area contributed by atoms with Gasteiger partial charge in [-0.25, -0.2) is 0 Å². The highest BCUT2D eigenvalue weighted by atomic mass is 32.1. The molecule has 0 radical (unpaired) electrons. The first-order valence-corrected chi connectivity index (χ1v) is 6.30. The normalized spacial score (nSPS) is 10.9. The molecule has 17 heavy (non-hydrogen) atoms. The Balaban J connectivity index is 1.79. The van der Waals surface area contributed by atoms with Gasteiger partial charge >= 0.3 is 0 Å². The van der Waals surface area contributed by atoms with Crippen LogP contribution in [0.4, 0.5) is 0 Å². The number of hydrogen-bond acceptors (Lipinski definition) is 6. The van der Waals surface area contributed by atoms with Crippen molar-refractivity contribution in [3.8, 4) is 0 Å². The zero-order valence-electron chi connectivity index (χ0n) is 9.68. The van der Waals surface area contributed by atoms with E-state index in [0.29, 0.717) is 19.0 Å². The number of thiophene rings is 1. The number of nitrogens with zero attached hydrogens (tertiary/aromatic N) is 2. The number of methoxy groups -OCH3 is 1. The van der Waals surface area contributed by atoms with Crippen molar-refractivity contribution in [3.63, 3.8) is 0 Å². The summed E-state index contributed by atoms with van der Waals surface area (Å²) in [5.41, 5.74) is 0. The van der Waals surface area contributed by atoms with Gasteiger partial charge in [-0.3, -0.25) is 0 Å². The Morgan fingerprint density at radius 2 is 2.47 bits per heavy atom. The average molecular weight is 253 g/mol. The molecule has 2 rings (SSSR count). The molecule has 0 aliphatic rings. The third-order valence-corrected chi connectivity index (χ3v) is 3.06. The fourth-order valence-electron chi connectivity index (χ4n) is 1.37. The van der Waals surface area contributed by atoms with Crippen LogP contribution in [-0.2, 0) is 17.7 Å². The van der Waals surface area contributed by atoms with Crippen molar-refractivity contribution in [3.05, 3.63) is 34.1 Å². The van der Waals surface area contributed by atoms with Gasteiger partial charge in [0, 0.05) is 25.0 Å². The molecule has 1 N–H and O–H groups in total. The van der Waals surface area contributed by atoms with Crippen molar-refractivity contribution in [1.82, 2.24) is 15.5 Å². The number of hydrogen-bond donors (Lipinski definition) is 1. The van der Waals surface area contributed by atoms with E-state index in [-0.39, 0.29) is 0 Å². The predicted molar refractivity (Wildman–Crippen MR) is 65.0 cm³/mol. The molecule has 0 aliphatic heterocycles. The van der Waals surface area contributed by atoms with Crippen LogP contribution in [0.25, 0.3) is 0 Å². The minimum absolute atomic E-state index is 0.584. The highest BCUT2D eigenvalue weighted by molar-refractivity contribution is 7.09. The topological polar surface area (TPSA) is 60.2 Å². The van der Waals surface area contributed by atoms with Crippen LogP contribution in [0.5, 0.6) is 0 Å². The van der Waals surface area contributed by atoms with Gasteiger partial charge in [-0.15, -0.1) is 11.3 Å². The van der Waals surface area contributed by atoms with Crippen LogP contribution in [0.1, 0.15) is 16.6 Å². The Kier molecular flexibility index (Phi) is 4.66. The molecule has 0 spiro atoms. The lowest BCUT2D eigenvalue weighted by Gasteiger charge is -1.98. The zero-order chi connectivity index (χ0) is 11.9. The van der Waals surface area contributed by atoms with E-state index < -0.39 is 0 Å². The molecule has 2 heterocycles. The third kappa shape index (κ3) is 3.92. The summed E-state index contributed by atoms with van der Waals surface area (Å²) < 4.78 is 10.1. The van der Waals surface area contributed by atoms with E-state index >= 15 is 0 Å². The fraction of sp³-hybridized carbons (Fsp3) is 0.455. The number of aromatic nitrogens is 2. The van der Waals surface area contributed by atoms with Gasteiger partial charge in [-0.2, -0.15) is 4.98 Å². The molecular formula is C11H15N3O2S. The van der Waals surface area contributed by atoms with Crippen LogP contribution in [0.3, 0.4) is 0 Å². The molecule has 0 saturated carbocycles.